The van der Waals surface area contributed by atoms with Crippen LogP contribution in [0.15, 0.2) is 24.3 Å². The first kappa shape index (κ1) is 51.7. The smallest absolute Gasteiger partial charge is 0.306 e. The number of allylic oxidation sites excluding steroid dienone is 4. The van der Waals surface area contributed by atoms with Gasteiger partial charge in [-0.15, -0.1) is 0 Å². The minimum atomic E-state index is -1.54. The molecule has 1 rings (SSSR count). The van der Waals surface area contributed by atoms with Gasteiger partial charge in [0.1, 0.15) is 30.5 Å². The number of rotatable bonds is 39. The lowest BCUT2D eigenvalue weighted by Crippen LogP contribution is -2.59. The second kappa shape index (κ2) is 38.2. The van der Waals surface area contributed by atoms with Gasteiger partial charge in [0.15, 0.2) is 6.29 Å². The Balaban J connectivity index is 2.21. The highest BCUT2D eigenvalue weighted by atomic mass is 16.7. The average molecular weight is 783 g/mol. The molecular formula is C46H86O9. The van der Waals surface area contributed by atoms with E-state index in [0.717, 1.165) is 44.9 Å². The molecule has 9 heteroatoms. The maximum absolute atomic E-state index is 12.8. The van der Waals surface area contributed by atoms with Crippen LogP contribution in [0.1, 0.15) is 200 Å². The fourth-order valence-corrected chi connectivity index (χ4v) is 6.96. The minimum Gasteiger partial charge on any atom is -0.457 e. The second-order valence-corrected chi connectivity index (χ2v) is 15.8. The zero-order valence-electron chi connectivity index (χ0n) is 35.4. The van der Waals surface area contributed by atoms with Crippen LogP contribution in [0.3, 0.4) is 0 Å². The molecule has 4 N–H and O–H groups in total. The predicted molar refractivity (Wildman–Crippen MR) is 224 cm³/mol. The van der Waals surface area contributed by atoms with Gasteiger partial charge in [0.2, 0.25) is 0 Å². The molecule has 0 amide bonds. The highest BCUT2D eigenvalue weighted by molar-refractivity contribution is 5.69. The van der Waals surface area contributed by atoms with Crippen LogP contribution in [0.25, 0.3) is 0 Å². The number of unbranched alkanes of at least 4 members (excludes halogenated alkanes) is 24. The van der Waals surface area contributed by atoms with Crippen molar-refractivity contribution < 1.29 is 44.2 Å². The van der Waals surface area contributed by atoms with E-state index in [0.29, 0.717) is 13.0 Å². The van der Waals surface area contributed by atoms with E-state index in [9.17, 15) is 25.2 Å². The third kappa shape index (κ3) is 29.5. The average Bonchev–Trinajstić information content (AvgIpc) is 3.18. The van der Waals surface area contributed by atoms with E-state index in [1.807, 2.05) is 0 Å². The van der Waals surface area contributed by atoms with Crippen molar-refractivity contribution in [1.29, 1.82) is 0 Å². The minimum absolute atomic E-state index is 0.114. The lowest BCUT2D eigenvalue weighted by atomic mass is 9.99. The number of carbonyl (C=O) groups is 1. The van der Waals surface area contributed by atoms with Crippen LogP contribution in [0, 0.1) is 0 Å². The summed E-state index contributed by atoms with van der Waals surface area (Å²) in [4.78, 5) is 12.8. The summed E-state index contributed by atoms with van der Waals surface area (Å²) in [5.41, 5.74) is 0. The number of carbonyl (C=O) groups excluding carboxylic acids is 1. The van der Waals surface area contributed by atoms with Gasteiger partial charge in [-0.05, 0) is 57.8 Å². The van der Waals surface area contributed by atoms with Crippen molar-refractivity contribution in [2.45, 2.75) is 237 Å². The number of esters is 1. The molecule has 0 aromatic rings. The van der Waals surface area contributed by atoms with Crippen LogP contribution in [0.2, 0.25) is 0 Å². The number of hydrogen-bond donors (Lipinski definition) is 4. The molecule has 0 aromatic heterocycles. The molecule has 0 bridgehead atoms. The summed E-state index contributed by atoms with van der Waals surface area (Å²) in [6, 6.07) is 0. The third-order valence-corrected chi connectivity index (χ3v) is 10.6. The molecule has 6 atom stereocenters. The highest BCUT2D eigenvalue weighted by Gasteiger charge is 2.44. The maximum atomic E-state index is 12.8. The first-order chi connectivity index (χ1) is 26.9. The van der Waals surface area contributed by atoms with Crippen LogP contribution in [-0.2, 0) is 23.7 Å². The fraction of sp³-hybridized carbons (Fsp3) is 0.891. The summed E-state index contributed by atoms with van der Waals surface area (Å²) in [5, 5.41) is 40.1. The SMILES string of the molecule is CCC/C=C\CCCCCCCCOCC(COC1OC(CO)C(O)C(O)C1O)OC(=O)CCCCCCCCCCC/C=C\CCCCCCCCCC. The van der Waals surface area contributed by atoms with Crippen LogP contribution < -0.4 is 0 Å². The van der Waals surface area contributed by atoms with Gasteiger partial charge in [-0.3, -0.25) is 4.79 Å². The van der Waals surface area contributed by atoms with E-state index >= 15 is 0 Å². The molecule has 0 aliphatic carbocycles. The van der Waals surface area contributed by atoms with Gasteiger partial charge in [-0.25, -0.2) is 0 Å². The number of ether oxygens (including phenoxy) is 4. The molecule has 0 saturated carbocycles. The standard InChI is InChI=1S/C46H86O9/c1-3-5-7-9-11-13-15-16-17-18-19-20-21-22-23-24-25-27-29-31-33-35-42(48)54-40(39-53-46-45(51)44(50)43(49)41(37-47)55-46)38-52-36-34-32-30-28-26-14-12-10-8-6-4-2/h8,10,18-19,40-41,43-47,49-51H,3-7,9,11-17,20-39H2,1-2H3/b10-8-,19-18-. The van der Waals surface area contributed by atoms with E-state index in [4.69, 9.17) is 18.9 Å². The van der Waals surface area contributed by atoms with Crippen LogP contribution in [0.4, 0.5) is 0 Å². The maximum Gasteiger partial charge on any atom is 0.306 e. The summed E-state index contributed by atoms with van der Waals surface area (Å²) >= 11 is 0. The van der Waals surface area contributed by atoms with Crippen molar-refractivity contribution >= 4 is 5.97 Å². The van der Waals surface area contributed by atoms with Crippen molar-refractivity contribution in [3.63, 3.8) is 0 Å². The van der Waals surface area contributed by atoms with Crippen molar-refractivity contribution in [3.05, 3.63) is 24.3 Å². The van der Waals surface area contributed by atoms with Crippen molar-refractivity contribution in [3.8, 4) is 0 Å². The number of aliphatic hydroxyl groups is 4. The summed E-state index contributed by atoms with van der Waals surface area (Å²) < 4.78 is 22.8. The van der Waals surface area contributed by atoms with Crippen molar-refractivity contribution in [2.75, 3.05) is 26.4 Å². The Morgan fingerprint density at radius 3 is 1.55 bits per heavy atom. The molecule has 0 aromatic carbocycles. The molecule has 0 radical (unpaired) electrons. The molecular weight excluding hydrogens is 696 g/mol. The van der Waals surface area contributed by atoms with Gasteiger partial charge in [-0.2, -0.15) is 0 Å². The Labute approximate surface area is 337 Å². The summed E-state index contributed by atoms with van der Waals surface area (Å²) in [6.07, 6.45) is 36.4. The van der Waals surface area contributed by atoms with Gasteiger partial charge in [0, 0.05) is 13.0 Å². The number of aliphatic hydroxyl groups excluding tert-OH is 4. The van der Waals surface area contributed by atoms with Crippen LogP contribution >= 0.6 is 0 Å². The second-order valence-electron chi connectivity index (χ2n) is 15.8. The number of hydrogen-bond acceptors (Lipinski definition) is 9. The third-order valence-electron chi connectivity index (χ3n) is 10.6. The lowest BCUT2D eigenvalue weighted by molar-refractivity contribution is -0.305. The molecule has 1 heterocycles. The molecule has 1 saturated heterocycles. The Morgan fingerprint density at radius 2 is 1.04 bits per heavy atom. The molecule has 1 aliphatic heterocycles. The molecule has 1 aliphatic rings. The van der Waals surface area contributed by atoms with Gasteiger partial charge >= 0.3 is 5.97 Å². The monoisotopic (exact) mass is 783 g/mol. The van der Waals surface area contributed by atoms with Crippen LogP contribution in [0.5, 0.6) is 0 Å². The molecule has 9 nitrogen and oxygen atoms in total. The van der Waals surface area contributed by atoms with Gasteiger partial charge < -0.3 is 39.4 Å². The zero-order chi connectivity index (χ0) is 40.0. The first-order valence-corrected chi connectivity index (χ1v) is 22.9. The molecule has 0 spiro atoms. The highest BCUT2D eigenvalue weighted by Crippen LogP contribution is 2.22. The van der Waals surface area contributed by atoms with E-state index < -0.39 is 43.4 Å². The Kier molecular flexibility index (Phi) is 35.9. The molecule has 6 unspecified atom stereocenters. The van der Waals surface area contributed by atoms with E-state index in [1.165, 1.54) is 135 Å². The lowest BCUT2D eigenvalue weighted by Gasteiger charge is -2.39. The Hall–Kier alpha value is -1.33. The normalized spacial score (nSPS) is 20.9. The predicted octanol–water partition coefficient (Wildman–Crippen LogP) is 10.2. The van der Waals surface area contributed by atoms with Crippen molar-refractivity contribution in [1.82, 2.24) is 0 Å². The quantitative estimate of drug-likeness (QED) is 0.0273. The summed E-state index contributed by atoms with van der Waals surface area (Å²) in [7, 11) is 0. The van der Waals surface area contributed by atoms with Gasteiger partial charge in [-0.1, -0.05) is 160 Å². The largest absolute Gasteiger partial charge is 0.457 e. The zero-order valence-corrected chi connectivity index (χ0v) is 35.4. The van der Waals surface area contributed by atoms with E-state index in [-0.39, 0.29) is 19.2 Å². The van der Waals surface area contributed by atoms with Gasteiger partial charge in [0.05, 0.1) is 19.8 Å². The first-order valence-electron chi connectivity index (χ1n) is 22.9. The molecule has 1 fully saturated rings. The Morgan fingerprint density at radius 1 is 0.564 bits per heavy atom. The summed E-state index contributed by atoms with van der Waals surface area (Å²) in [6.45, 7) is 4.50. The molecule has 324 valence electrons. The summed E-state index contributed by atoms with van der Waals surface area (Å²) in [5.74, 6) is -0.317. The van der Waals surface area contributed by atoms with Gasteiger partial charge in [0.25, 0.3) is 0 Å². The molecule has 55 heavy (non-hydrogen) atoms. The van der Waals surface area contributed by atoms with Crippen LogP contribution in [-0.4, -0.2) is 89.6 Å². The van der Waals surface area contributed by atoms with E-state index in [2.05, 4.69) is 38.2 Å². The van der Waals surface area contributed by atoms with Crippen molar-refractivity contribution in [2.24, 2.45) is 0 Å². The fourth-order valence-electron chi connectivity index (χ4n) is 6.96. The topological polar surface area (TPSA) is 135 Å². The Bertz CT molecular complexity index is 895. The van der Waals surface area contributed by atoms with E-state index in [1.54, 1.807) is 0 Å².